The van der Waals surface area contributed by atoms with E-state index in [2.05, 4.69) is 15.6 Å². The van der Waals surface area contributed by atoms with Crippen LogP contribution in [0.1, 0.15) is 18.5 Å². The van der Waals surface area contributed by atoms with Gasteiger partial charge in [0.05, 0.1) is 20.3 Å². The van der Waals surface area contributed by atoms with E-state index in [1.165, 1.54) is 0 Å². The molecular formula is C19H21N3O3. The SMILES string of the molecule is COc1ccc([C@@H](C)NC(=O)Nc2ccc3[nH]ccc3c2)cc1OC. The van der Waals surface area contributed by atoms with Gasteiger partial charge in [-0.25, -0.2) is 4.79 Å². The minimum Gasteiger partial charge on any atom is -0.493 e. The number of hydrogen-bond donors (Lipinski definition) is 3. The number of ether oxygens (including phenoxy) is 2. The van der Waals surface area contributed by atoms with Gasteiger partial charge in [-0.2, -0.15) is 0 Å². The summed E-state index contributed by atoms with van der Waals surface area (Å²) in [6, 6.07) is 12.8. The molecule has 1 aromatic heterocycles. The molecule has 0 aliphatic rings. The van der Waals surface area contributed by atoms with Crippen molar-refractivity contribution in [1.82, 2.24) is 10.3 Å². The van der Waals surface area contributed by atoms with Crippen LogP contribution in [0.4, 0.5) is 10.5 Å². The van der Waals surface area contributed by atoms with E-state index in [4.69, 9.17) is 9.47 Å². The van der Waals surface area contributed by atoms with Gasteiger partial charge in [-0.3, -0.25) is 0 Å². The fraction of sp³-hybridized carbons (Fsp3) is 0.211. The van der Waals surface area contributed by atoms with Gasteiger partial charge >= 0.3 is 6.03 Å². The van der Waals surface area contributed by atoms with Crippen LogP contribution < -0.4 is 20.1 Å². The molecule has 2 aromatic carbocycles. The second kappa shape index (κ2) is 7.17. The van der Waals surface area contributed by atoms with Crippen molar-refractivity contribution in [2.24, 2.45) is 0 Å². The Balaban J connectivity index is 1.67. The van der Waals surface area contributed by atoms with Gasteiger partial charge in [-0.15, -0.1) is 0 Å². The normalized spacial score (nSPS) is 11.8. The van der Waals surface area contributed by atoms with E-state index >= 15 is 0 Å². The summed E-state index contributed by atoms with van der Waals surface area (Å²) in [5.41, 5.74) is 2.70. The summed E-state index contributed by atoms with van der Waals surface area (Å²) < 4.78 is 10.5. The third-order valence-corrected chi connectivity index (χ3v) is 4.07. The average Bonchev–Trinajstić information content (AvgIpc) is 3.08. The Morgan fingerprint density at radius 1 is 1.04 bits per heavy atom. The van der Waals surface area contributed by atoms with Crippen LogP contribution in [-0.2, 0) is 0 Å². The molecule has 1 heterocycles. The monoisotopic (exact) mass is 339 g/mol. The number of aromatic nitrogens is 1. The molecule has 0 spiro atoms. The lowest BCUT2D eigenvalue weighted by Crippen LogP contribution is -2.31. The van der Waals surface area contributed by atoms with Crippen molar-refractivity contribution in [1.29, 1.82) is 0 Å². The maximum Gasteiger partial charge on any atom is 0.319 e. The lowest BCUT2D eigenvalue weighted by atomic mass is 10.1. The summed E-state index contributed by atoms with van der Waals surface area (Å²) in [7, 11) is 3.18. The molecule has 0 unspecified atom stereocenters. The number of nitrogens with one attached hydrogen (secondary N) is 3. The minimum absolute atomic E-state index is 0.184. The molecule has 0 radical (unpaired) electrons. The number of aromatic amines is 1. The molecule has 2 amide bonds. The van der Waals surface area contributed by atoms with Gasteiger partial charge in [0.1, 0.15) is 0 Å². The molecule has 6 heteroatoms. The maximum atomic E-state index is 12.3. The number of anilines is 1. The van der Waals surface area contributed by atoms with Crippen molar-refractivity contribution < 1.29 is 14.3 Å². The van der Waals surface area contributed by atoms with Gasteiger partial charge in [0.25, 0.3) is 0 Å². The summed E-state index contributed by atoms with van der Waals surface area (Å²) in [6.45, 7) is 1.91. The zero-order valence-corrected chi connectivity index (χ0v) is 14.4. The van der Waals surface area contributed by atoms with Gasteiger partial charge in [-0.1, -0.05) is 6.07 Å². The van der Waals surface area contributed by atoms with Crippen molar-refractivity contribution in [2.45, 2.75) is 13.0 Å². The van der Waals surface area contributed by atoms with Crippen LogP contribution in [-0.4, -0.2) is 25.2 Å². The Morgan fingerprint density at radius 3 is 2.60 bits per heavy atom. The third kappa shape index (κ3) is 3.68. The summed E-state index contributed by atoms with van der Waals surface area (Å²) in [5, 5.41) is 6.82. The Bertz CT molecular complexity index is 889. The number of benzene rings is 2. The molecule has 0 aliphatic heterocycles. The summed E-state index contributed by atoms with van der Waals surface area (Å²) >= 11 is 0. The zero-order valence-electron chi connectivity index (χ0n) is 14.4. The second-order valence-electron chi connectivity index (χ2n) is 5.71. The second-order valence-corrected chi connectivity index (χ2v) is 5.71. The van der Waals surface area contributed by atoms with E-state index < -0.39 is 0 Å². The van der Waals surface area contributed by atoms with Crippen molar-refractivity contribution in [3.63, 3.8) is 0 Å². The van der Waals surface area contributed by atoms with Crippen LogP contribution in [0.3, 0.4) is 0 Å². The van der Waals surface area contributed by atoms with Crippen LogP contribution in [0.15, 0.2) is 48.7 Å². The third-order valence-electron chi connectivity index (χ3n) is 4.07. The Hall–Kier alpha value is -3.15. The zero-order chi connectivity index (χ0) is 17.8. The first kappa shape index (κ1) is 16.7. The molecule has 0 aliphatic carbocycles. The van der Waals surface area contributed by atoms with Crippen LogP contribution in [0, 0.1) is 0 Å². The average molecular weight is 339 g/mol. The molecule has 25 heavy (non-hydrogen) atoms. The largest absolute Gasteiger partial charge is 0.493 e. The smallest absolute Gasteiger partial charge is 0.319 e. The molecule has 0 fully saturated rings. The predicted molar refractivity (Wildman–Crippen MR) is 98.4 cm³/mol. The van der Waals surface area contributed by atoms with Crippen molar-refractivity contribution in [3.8, 4) is 11.5 Å². The number of H-pyrrole nitrogens is 1. The lowest BCUT2D eigenvalue weighted by Gasteiger charge is -2.17. The highest BCUT2D eigenvalue weighted by Gasteiger charge is 2.13. The van der Waals surface area contributed by atoms with Gasteiger partial charge in [-0.05, 0) is 48.9 Å². The molecule has 0 bridgehead atoms. The molecule has 3 rings (SSSR count). The summed E-state index contributed by atoms with van der Waals surface area (Å²) in [6.07, 6.45) is 1.87. The lowest BCUT2D eigenvalue weighted by molar-refractivity contribution is 0.249. The molecular weight excluding hydrogens is 318 g/mol. The van der Waals surface area contributed by atoms with E-state index in [0.717, 1.165) is 22.2 Å². The quantitative estimate of drug-likeness (QED) is 0.656. The Morgan fingerprint density at radius 2 is 1.84 bits per heavy atom. The number of carbonyl (C=O) groups is 1. The van der Waals surface area contributed by atoms with Crippen LogP contribution in [0.2, 0.25) is 0 Å². The molecule has 6 nitrogen and oxygen atoms in total. The van der Waals surface area contributed by atoms with E-state index in [0.29, 0.717) is 11.5 Å². The van der Waals surface area contributed by atoms with E-state index in [9.17, 15) is 4.79 Å². The fourth-order valence-electron chi connectivity index (χ4n) is 2.70. The number of hydrogen-bond acceptors (Lipinski definition) is 3. The van der Waals surface area contributed by atoms with Crippen LogP contribution >= 0.6 is 0 Å². The van der Waals surface area contributed by atoms with Crippen molar-refractivity contribution >= 4 is 22.6 Å². The topological polar surface area (TPSA) is 75.4 Å². The molecule has 130 valence electrons. The first-order valence-corrected chi connectivity index (χ1v) is 7.97. The number of amides is 2. The van der Waals surface area contributed by atoms with Gasteiger partial charge in [0.2, 0.25) is 0 Å². The highest BCUT2D eigenvalue weighted by molar-refractivity contribution is 5.92. The number of fused-ring (bicyclic) bond motifs is 1. The van der Waals surface area contributed by atoms with E-state index in [-0.39, 0.29) is 12.1 Å². The molecule has 3 N–H and O–H groups in total. The molecule has 0 saturated carbocycles. The summed E-state index contributed by atoms with van der Waals surface area (Å²) in [4.78, 5) is 15.4. The Kier molecular flexibility index (Phi) is 4.79. The standard InChI is InChI=1S/C19H21N3O3/c1-12(13-4-7-17(24-2)18(11-13)25-3)21-19(23)22-15-5-6-16-14(10-15)8-9-20-16/h4-12,20H,1-3H3,(H2,21,22,23)/t12-/m1/s1. The van der Waals surface area contributed by atoms with Crippen molar-refractivity contribution in [3.05, 3.63) is 54.2 Å². The van der Waals surface area contributed by atoms with Gasteiger partial charge < -0.3 is 25.1 Å². The predicted octanol–water partition coefficient (Wildman–Crippen LogP) is 4.07. The maximum absolute atomic E-state index is 12.3. The first-order valence-electron chi connectivity index (χ1n) is 7.97. The number of urea groups is 1. The molecule has 3 aromatic rings. The van der Waals surface area contributed by atoms with E-state index in [1.807, 2.05) is 55.6 Å². The Labute approximate surface area is 146 Å². The minimum atomic E-state index is -0.267. The number of rotatable bonds is 5. The molecule has 0 saturated heterocycles. The van der Waals surface area contributed by atoms with Crippen LogP contribution in [0.25, 0.3) is 10.9 Å². The summed E-state index contributed by atoms with van der Waals surface area (Å²) in [5.74, 6) is 1.29. The number of methoxy groups -OCH3 is 2. The fourth-order valence-corrected chi connectivity index (χ4v) is 2.70. The number of carbonyl (C=O) groups excluding carboxylic acids is 1. The first-order chi connectivity index (χ1) is 12.1. The van der Waals surface area contributed by atoms with E-state index in [1.54, 1.807) is 14.2 Å². The highest BCUT2D eigenvalue weighted by Crippen LogP contribution is 2.29. The van der Waals surface area contributed by atoms with Crippen molar-refractivity contribution in [2.75, 3.05) is 19.5 Å². The van der Waals surface area contributed by atoms with Gasteiger partial charge in [0, 0.05) is 22.8 Å². The highest BCUT2D eigenvalue weighted by atomic mass is 16.5. The molecule has 1 atom stereocenters. The van der Waals surface area contributed by atoms with Gasteiger partial charge in [0.15, 0.2) is 11.5 Å². The van der Waals surface area contributed by atoms with Crippen LogP contribution in [0.5, 0.6) is 11.5 Å².